The third-order valence-electron chi connectivity index (χ3n) is 3.83. The Morgan fingerprint density at radius 1 is 1.04 bits per heavy atom. The fraction of sp³-hybridized carbons (Fsp3) is 0.350. The van der Waals surface area contributed by atoms with Gasteiger partial charge in [-0.3, -0.25) is 0 Å². The molecule has 3 heteroatoms. The zero-order valence-electron chi connectivity index (χ0n) is 14.3. The Morgan fingerprint density at radius 2 is 1.83 bits per heavy atom. The van der Waals surface area contributed by atoms with E-state index >= 15 is 0 Å². The summed E-state index contributed by atoms with van der Waals surface area (Å²) in [5.41, 5.74) is 4.68. The van der Waals surface area contributed by atoms with Crippen molar-refractivity contribution in [3.05, 3.63) is 58.7 Å². The zero-order chi connectivity index (χ0) is 16.8. The molecule has 2 aromatic rings. The van der Waals surface area contributed by atoms with Gasteiger partial charge in [0.1, 0.15) is 18.1 Å². The Hall–Kier alpha value is -1.87. The summed E-state index contributed by atoms with van der Waals surface area (Å²) in [5.74, 6) is 1.71. The third kappa shape index (κ3) is 4.55. The summed E-state index contributed by atoms with van der Waals surface area (Å²) in [4.78, 5) is 0. The van der Waals surface area contributed by atoms with Crippen molar-refractivity contribution < 1.29 is 9.47 Å². The molecular weight excluding hydrogens is 304 g/mol. The zero-order valence-corrected chi connectivity index (χ0v) is 15.1. The minimum absolute atomic E-state index is 0.482. The van der Waals surface area contributed by atoms with Crippen LogP contribution in [0.25, 0.3) is 0 Å². The fourth-order valence-electron chi connectivity index (χ4n) is 2.51. The standard InChI is InChI=1S/C20H24O2S/c1-5-16-8-7-9-19(22-20(23)6-2)17(16)13-21-18-11-10-14(3)12-15(18)4/h7-12H,5-6,13H2,1-4H3. The van der Waals surface area contributed by atoms with Gasteiger partial charge in [-0.2, -0.15) is 0 Å². The Labute approximate surface area is 144 Å². The number of hydrogen-bond acceptors (Lipinski definition) is 3. The van der Waals surface area contributed by atoms with E-state index in [2.05, 4.69) is 39.0 Å². The lowest BCUT2D eigenvalue weighted by Gasteiger charge is -2.16. The summed E-state index contributed by atoms with van der Waals surface area (Å²) in [7, 11) is 0. The van der Waals surface area contributed by atoms with E-state index in [0.29, 0.717) is 11.7 Å². The van der Waals surface area contributed by atoms with E-state index in [1.807, 2.05) is 25.1 Å². The molecule has 0 bridgehead atoms. The molecule has 0 spiro atoms. The predicted molar refractivity (Wildman–Crippen MR) is 99.6 cm³/mol. The summed E-state index contributed by atoms with van der Waals surface area (Å²) in [6.45, 7) is 8.77. The highest BCUT2D eigenvalue weighted by Crippen LogP contribution is 2.27. The maximum absolute atomic E-state index is 6.05. The molecule has 2 nitrogen and oxygen atoms in total. The van der Waals surface area contributed by atoms with Crippen LogP contribution in [0.1, 0.15) is 42.5 Å². The molecule has 0 fully saturated rings. The van der Waals surface area contributed by atoms with Gasteiger partial charge in [0, 0.05) is 12.0 Å². The molecule has 0 atom stereocenters. The van der Waals surface area contributed by atoms with Crippen LogP contribution in [0.4, 0.5) is 0 Å². The van der Waals surface area contributed by atoms with Crippen LogP contribution in [0.15, 0.2) is 36.4 Å². The van der Waals surface area contributed by atoms with Gasteiger partial charge in [-0.15, -0.1) is 0 Å². The van der Waals surface area contributed by atoms with Gasteiger partial charge in [0.05, 0.1) is 0 Å². The van der Waals surface area contributed by atoms with Crippen LogP contribution in [-0.4, -0.2) is 5.05 Å². The second-order valence-corrected chi connectivity index (χ2v) is 6.09. The van der Waals surface area contributed by atoms with Gasteiger partial charge < -0.3 is 9.47 Å². The largest absolute Gasteiger partial charge is 0.488 e. The van der Waals surface area contributed by atoms with Gasteiger partial charge in [0.2, 0.25) is 0 Å². The van der Waals surface area contributed by atoms with E-state index in [0.717, 1.165) is 35.5 Å². The van der Waals surface area contributed by atoms with E-state index in [4.69, 9.17) is 21.7 Å². The van der Waals surface area contributed by atoms with E-state index in [-0.39, 0.29) is 0 Å². The SMILES string of the molecule is CCC(=S)Oc1cccc(CC)c1COc1ccc(C)cc1C. The molecule has 2 rings (SSSR count). The molecule has 0 saturated carbocycles. The Balaban J connectivity index is 2.24. The Morgan fingerprint density at radius 3 is 2.48 bits per heavy atom. The summed E-state index contributed by atoms with van der Waals surface area (Å²) >= 11 is 5.23. The molecule has 0 N–H and O–H groups in total. The molecule has 0 amide bonds. The lowest BCUT2D eigenvalue weighted by molar-refractivity contribution is 0.298. The lowest BCUT2D eigenvalue weighted by atomic mass is 10.0. The third-order valence-corrected chi connectivity index (χ3v) is 4.20. The highest BCUT2D eigenvalue weighted by atomic mass is 32.1. The molecule has 2 aromatic carbocycles. The van der Waals surface area contributed by atoms with E-state index in [1.165, 1.54) is 11.1 Å². The van der Waals surface area contributed by atoms with Crippen molar-refractivity contribution in [1.82, 2.24) is 0 Å². The van der Waals surface area contributed by atoms with Crippen LogP contribution >= 0.6 is 12.2 Å². The summed E-state index contributed by atoms with van der Waals surface area (Å²) in [5, 5.41) is 0.603. The van der Waals surface area contributed by atoms with Crippen LogP contribution in [0.3, 0.4) is 0 Å². The molecule has 0 saturated heterocycles. The molecular formula is C20H24O2S. The van der Waals surface area contributed by atoms with E-state index < -0.39 is 0 Å². The molecule has 0 aliphatic heterocycles. The number of ether oxygens (including phenoxy) is 2. The molecule has 0 radical (unpaired) electrons. The summed E-state index contributed by atoms with van der Waals surface area (Å²) in [6.07, 6.45) is 1.66. The molecule has 0 aromatic heterocycles. The first-order valence-electron chi connectivity index (χ1n) is 8.06. The molecule has 0 aliphatic rings. The normalized spacial score (nSPS) is 10.4. The monoisotopic (exact) mass is 328 g/mol. The average Bonchev–Trinajstić information content (AvgIpc) is 2.54. The van der Waals surface area contributed by atoms with Crippen LogP contribution < -0.4 is 9.47 Å². The topological polar surface area (TPSA) is 18.5 Å². The van der Waals surface area contributed by atoms with Gasteiger partial charge in [0.15, 0.2) is 5.05 Å². The highest BCUT2D eigenvalue weighted by molar-refractivity contribution is 7.80. The van der Waals surface area contributed by atoms with E-state index in [1.54, 1.807) is 0 Å². The van der Waals surface area contributed by atoms with Crippen molar-refractivity contribution in [3.63, 3.8) is 0 Å². The summed E-state index contributed by atoms with van der Waals surface area (Å²) < 4.78 is 11.9. The number of rotatable bonds is 6. The van der Waals surface area contributed by atoms with Gasteiger partial charge in [-0.1, -0.05) is 43.7 Å². The molecule has 122 valence electrons. The molecule has 0 aliphatic carbocycles. The maximum atomic E-state index is 6.05. The number of hydrogen-bond donors (Lipinski definition) is 0. The fourth-order valence-corrected chi connectivity index (χ4v) is 2.60. The average molecular weight is 328 g/mol. The maximum Gasteiger partial charge on any atom is 0.167 e. The number of aryl methyl sites for hydroxylation is 3. The van der Waals surface area contributed by atoms with E-state index in [9.17, 15) is 0 Å². The van der Waals surface area contributed by atoms with Gasteiger partial charge in [-0.25, -0.2) is 0 Å². The van der Waals surface area contributed by atoms with Gasteiger partial charge in [0.25, 0.3) is 0 Å². The van der Waals surface area contributed by atoms with Gasteiger partial charge in [-0.05, 0) is 55.7 Å². The van der Waals surface area contributed by atoms with Crippen LogP contribution in [0.5, 0.6) is 11.5 Å². The highest BCUT2D eigenvalue weighted by Gasteiger charge is 2.12. The second-order valence-electron chi connectivity index (χ2n) is 5.63. The number of thiocarbonyl (C=S) groups is 1. The summed E-state index contributed by atoms with van der Waals surface area (Å²) in [6, 6.07) is 12.3. The molecule has 0 heterocycles. The van der Waals surface area contributed by atoms with Crippen molar-refractivity contribution in [2.75, 3.05) is 0 Å². The predicted octanol–water partition coefficient (Wildman–Crippen LogP) is 5.56. The minimum Gasteiger partial charge on any atom is -0.488 e. The van der Waals surface area contributed by atoms with Crippen molar-refractivity contribution in [2.24, 2.45) is 0 Å². The first-order valence-corrected chi connectivity index (χ1v) is 8.47. The van der Waals surface area contributed by atoms with Crippen molar-refractivity contribution in [3.8, 4) is 11.5 Å². The minimum atomic E-state index is 0.482. The lowest BCUT2D eigenvalue weighted by Crippen LogP contribution is -2.09. The second kappa shape index (κ2) is 8.11. The first-order chi connectivity index (χ1) is 11.0. The number of benzene rings is 2. The Bertz CT molecular complexity index is 692. The van der Waals surface area contributed by atoms with Crippen molar-refractivity contribution in [1.29, 1.82) is 0 Å². The van der Waals surface area contributed by atoms with Crippen LogP contribution in [0.2, 0.25) is 0 Å². The van der Waals surface area contributed by atoms with Gasteiger partial charge >= 0.3 is 0 Å². The van der Waals surface area contributed by atoms with Crippen molar-refractivity contribution in [2.45, 2.75) is 47.1 Å². The smallest absolute Gasteiger partial charge is 0.167 e. The van der Waals surface area contributed by atoms with Crippen LogP contribution in [-0.2, 0) is 13.0 Å². The Kier molecular flexibility index (Phi) is 6.17. The van der Waals surface area contributed by atoms with Crippen molar-refractivity contribution >= 4 is 17.3 Å². The molecule has 0 unspecified atom stereocenters. The molecule has 23 heavy (non-hydrogen) atoms. The van der Waals surface area contributed by atoms with Crippen LogP contribution in [0, 0.1) is 13.8 Å². The quantitative estimate of drug-likeness (QED) is 0.647. The first kappa shape index (κ1) is 17.5.